The molecule has 4 heteroatoms. The Kier molecular flexibility index (Phi) is 5.97. The number of benzene rings is 1. The summed E-state index contributed by atoms with van der Waals surface area (Å²) >= 11 is 0. The number of nitrogens with zero attached hydrogens (tertiary/aromatic N) is 1. The van der Waals surface area contributed by atoms with Gasteiger partial charge in [0, 0.05) is 11.6 Å². The summed E-state index contributed by atoms with van der Waals surface area (Å²) in [5.74, 6) is 1.14. The van der Waals surface area contributed by atoms with E-state index in [2.05, 4.69) is 24.3 Å². The Labute approximate surface area is 138 Å². The van der Waals surface area contributed by atoms with Crippen LogP contribution in [0.4, 0.5) is 0 Å². The molecule has 1 aromatic carbocycles. The van der Waals surface area contributed by atoms with E-state index in [9.17, 15) is 4.79 Å². The summed E-state index contributed by atoms with van der Waals surface area (Å²) in [6, 6.07) is 9.79. The highest BCUT2D eigenvalue weighted by Gasteiger charge is 2.22. The molecule has 1 amide bonds. The van der Waals surface area contributed by atoms with Gasteiger partial charge >= 0.3 is 0 Å². The first kappa shape index (κ1) is 17.3. The lowest BCUT2D eigenvalue weighted by Crippen LogP contribution is -2.33. The lowest BCUT2D eigenvalue weighted by molar-refractivity contribution is 0.0937. The summed E-state index contributed by atoms with van der Waals surface area (Å²) in [7, 11) is 0. The van der Waals surface area contributed by atoms with E-state index in [1.54, 1.807) is 6.92 Å². The molecule has 0 aliphatic heterocycles. The number of hydrogen-bond acceptors (Lipinski definition) is 3. The van der Waals surface area contributed by atoms with Crippen LogP contribution in [0, 0.1) is 12.8 Å². The molecule has 0 spiro atoms. The zero-order valence-corrected chi connectivity index (χ0v) is 14.4. The average molecular weight is 314 g/mol. The van der Waals surface area contributed by atoms with E-state index in [1.165, 1.54) is 6.42 Å². The van der Waals surface area contributed by atoms with Gasteiger partial charge in [-0.2, -0.15) is 0 Å². The molecule has 124 valence electrons. The van der Waals surface area contributed by atoms with E-state index >= 15 is 0 Å². The SMILES string of the molecule is Cc1onc(-c2ccccc2)c1C(=O)N[C@H](C)CCCC(C)C. The molecule has 1 heterocycles. The molecule has 2 aromatic rings. The third-order valence-electron chi connectivity index (χ3n) is 3.93. The monoisotopic (exact) mass is 314 g/mol. The standard InChI is InChI=1S/C19H26N2O2/c1-13(2)9-8-10-14(3)20-19(22)17-15(4)23-21-18(17)16-11-6-5-7-12-16/h5-7,11-14H,8-10H2,1-4H3,(H,20,22)/t14-/m1/s1. The zero-order valence-electron chi connectivity index (χ0n) is 14.4. The van der Waals surface area contributed by atoms with E-state index in [1.807, 2.05) is 37.3 Å². The molecule has 2 rings (SSSR count). The van der Waals surface area contributed by atoms with Crippen molar-refractivity contribution in [3.8, 4) is 11.3 Å². The van der Waals surface area contributed by atoms with Crippen molar-refractivity contribution in [3.05, 3.63) is 41.7 Å². The Morgan fingerprint density at radius 1 is 1.17 bits per heavy atom. The highest BCUT2D eigenvalue weighted by atomic mass is 16.5. The first-order valence-electron chi connectivity index (χ1n) is 8.31. The van der Waals surface area contributed by atoms with Gasteiger partial charge in [0.15, 0.2) is 0 Å². The first-order valence-corrected chi connectivity index (χ1v) is 8.31. The molecule has 0 aliphatic rings. The van der Waals surface area contributed by atoms with Crippen LogP contribution in [0.1, 0.15) is 56.2 Å². The molecule has 1 N–H and O–H groups in total. The van der Waals surface area contributed by atoms with Crippen LogP contribution in [0.5, 0.6) is 0 Å². The molecule has 0 fully saturated rings. The van der Waals surface area contributed by atoms with Gasteiger partial charge in [0.2, 0.25) is 0 Å². The number of nitrogens with one attached hydrogen (secondary N) is 1. The van der Waals surface area contributed by atoms with Crippen LogP contribution in [-0.4, -0.2) is 17.1 Å². The predicted octanol–water partition coefficient (Wildman–Crippen LogP) is 4.59. The van der Waals surface area contributed by atoms with Gasteiger partial charge in [-0.05, 0) is 26.2 Å². The van der Waals surface area contributed by atoms with Crippen LogP contribution < -0.4 is 5.32 Å². The predicted molar refractivity (Wildman–Crippen MR) is 92.3 cm³/mol. The quantitative estimate of drug-likeness (QED) is 0.813. The Bertz CT molecular complexity index is 632. The Hall–Kier alpha value is -2.10. The first-order chi connectivity index (χ1) is 11.0. The van der Waals surface area contributed by atoms with E-state index < -0.39 is 0 Å². The maximum absolute atomic E-state index is 12.6. The summed E-state index contributed by atoms with van der Waals surface area (Å²) in [4.78, 5) is 12.6. The third-order valence-corrected chi connectivity index (χ3v) is 3.93. The van der Waals surface area contributed by atoms with E-state index in [0.29, 0.717) is 22.9 Å². The molecule has 0 saturated heterocycles. The number of carbonyl (C=O) groups is 1. The Morgan fingerprint density at radius 3 is 2.52 bits per heavy atom. The van der Waals surface area contributed by atoms with Crippen LogP contribution in [-0.2, 0) is 0 Å². The van der Waals surface area contributed by atoms with Gasteiger partial charge < -0.3 is 9.84 Å². The average Bonchev–Trinajstić information content (AvgIpc) is 2.89. The minimum atomic E-state index is -0.111. The van der Waals surface area contributed by atoms with Crippen molar-refractivity contribution in [1.29, 1.82) is 0 Å². The smallest absolute Gasteiger partial charge is 0.257 e. The van der Waals surface area contributed by atoms with Crippen molar-refractivity contribution in [1.82, 2.24) is 10.5 Å². The van der Waals surface area contributed by atoms with Crippen molar-refractivity contribution in [2.75, 3.05) is 0 Å². The fraction of sp³-hybridized carbons (Fsp3) is 0.474. The van der Waals surface area contributed by atoms with Crippen molar-refractivity contribution in [3.63, 3.8) is 0 Å². The molecule has 0 unspecified atom stereocenters. The Balaban J connectivity index is 2.07. The normalized spacial score (nSPS) is 12.4. The summed E-state index contributed by atoms with van der Waals surface area (Å²) in [5, 5.41) is 7.13. The minimum Gasteiger partial charge on any atom is -0.360 e. The van der Waals surface area contributed by atoms with Crippen LogP contribution in [0.2, 0.25) is 0 Å². The van der Waals surface area contributed by atoms with Crippen molar-refractivity contribution < 1.29 is 9.32 Å². The molecule has 1 atom stereocenters. The number of rotatable bonds is 7. The molecule has 4 nitrogen and oxygen atoms in total. The molecule has 0 saturated carbocycles. The van der Waals surface area contributed by atoms with Crippen LogP contribution in [0.15, 0.2) is 34.9 Å². The van der Waals surface area contributed by atoms with Gasteiger partial charge in [-0.25, -0.2) is 0 Å². The molecular formula is C19H26N2O2. The van der Waals surface area contributed by atoms with E-state index in [0.717, 1.165) is 18.4 Å². The Morgan fingerprint density at radius 2 is 1.87 bits per heavy atom. The molecule has 0 radical (unpaired) electrons. The van der Waals surface area contributed by atoms with Gasteiger partial charge in [-0.1, -0.05) is 62.2 Å². The second-order valence-electron chi connectivity index (χ2n) is 6.53. The summed E-state index contributed by atoms with van der Waals surface area (Å²) in [5.41, 5.74) is 2.03. The summed E-state index contributed by atoms with van der Waals surface area (Å²) < 4.78 is 5.25. The largest absolute Gasteiger partial charge is 0.360 e. The van der Waals surface area contributed by atoms with Gasteiger partial charge in [0.05, 0.1) is 0 Å². The lowest BCUT2D eigenvalue weighted by atomic mass is 10.0. The van der Waals surface area contributed by atoms with Gasteiger partial charge in [0.1, 0.15) is 17.0 Å². The second kappa shape index (κ2) is 7.95. The lowest BCUT2D eigenvalue weighted by Gasteiger charge is -2.14. The maximum Gasteiger partial charge on any atom is 0.257 e. The van der Waals surface area contributed by atoms with E-state index in [-0.39, 0.29) is 11.9 Å². The number of amides is 1. The highest BCUT2D eigenvalue weighted by Crippen LogP contribution is 2.25. The molecule has 0 bridgehead atoms. The molecule has 0 aliphatic carbocycles. The third kappa shape index (κ3) is 4.68. The minimum absolute atomic E-state index is 0.111. The fourth-order valence-electron chi connectivity index (χ4n) is 2.63. The van der Waals surface area contributed by atoms with Gasteiger partial charge in [0.25, 0.3) is 5.91 Å². The van der Waals surface area contributed by atoms with Crippen molar-refractivity contribution in [2.45, 2.75) is 53.0 Å². The topological polar surface area (TPSA) is 55.1 Å². The highest BCUT2D eigenvalue weighted by molar-refractivity contribution is 6.00. The fourth-order valence-corrected chi connectivity index (χ4v) is 2.63. The number of hydrogen-bond donors (Lipinski definition) is 1. The van der Waals surface area contributed by atoms with Crippen molar-refractivity contribution in [2.24, 2.45) is 5.92 Å². The molecule has 23 heavy (non-hydrogen) atoms. The van der Waals surface area contributed by atoms with Crippen molar-refractivity contribution >= 4 is 5.91 Å². The number of carbonyl (C=O) groups excluding carboxylic acids is 1. The van der Waals surface area contributed by atoms with Crippen LogP contribution in [0.3, 0.4) is 0 Å². The maximum atomic E-state index is 12.6. The van der Waals surface area contributed by atoms with E-state index in [4.69, 9.17) is 4.52 Å². The van der Waals surface area contributed by atoms with Gasteiger partial charge in [-0.15, -0.1) is 0 Å². The number of aromatic nitrogens is 1. The molecular weight excluding hydrogens is 288 g/mol. The zero-order chi connectivity index (χ0) is 16.8. The summed E-state index contributed by atoms with van der Waals surface area (Å²) in [6.45, 7) is 8.26. The summed E-state index contributed by atoms with van der Waals surface area (Å²) in [6.07, 6.45) is 3.28. The number of aryl methyl sites for hydroxylation is 1. The second-order valence-corrected chi connectivity index (χ2v) is 6.53. The molecule has 1 aromatic heterocycles. The van der Waals surface area contributed by atoms with Crippen LogP contribution in [0.25, 0.3) is 11.3 Å². The van der Waals surface area contributed by atoms with Crippen LogP contribution >= 0.6 is 0 Å². The van der Waals surface area contributed by atoms with Gasteiger partial charge in [-0.3, -0.25) is 4.79 Å².